The van der Waals surface area contributed by atoms with Crippen LogP contribution in [-0.2, 0) is 14.4 Å². The van der Waals surface area contributed by atoms with Crippen molar-refractivity contribution in [2.24, 2.45) is 5.16 Å². The van der Waals surface area contributed by atoms with Crippen molar-refractivity contribution in [2.75, 3.05) is 31.1 Å². The molecule has 2 atom stereocenters. The number of amides is 1. The smallest absolute Gasteiger partial charge is 0.269 e. The number of oxime groups is 1. The third-order valence-electron chi connectivity index (χ3n) is 4.98. The van der Waals surface area contributed by atoms with Crippen LogP contribution in [0.4, 0.5) is 5.95 Å². The molecule has 1 aromatic heterocycles. The van der Waals surface area contributed by atoms with Gasteiger partial charge in [-0.1, -0.05) is 5.16 Å². The van der Waals surface area contributed by atoms with Gasteiger partial charge in [0.2, 0.25) is 5.95 Å². The lowest BCUT2D eigenvalue weighted by Gasteiger charge is -2.21. The van der Waals surface area contributed by atoms with Crippen LogP contribution in [0, 0.1) is 6.92 Å². The summed E-state index contributed by atoms with van der Waals surface area (Å²) in [7, 11) is 0. The second-order valence-corrected chi connectivity index (χ2v) is 7.07. The lowest BCUT2D eigenvalue weighted by atomic mass is 9.96. The molecule has 0 radical (unpaired) electrons. The molecule has 1 aromatic rings. The minimum absolute atomic E-state index is 0.126. The van der Waals surface area contributed by atoms with E-state index in [2.05, 4.69) is 25.3 Å². The summed E-state index contributed by atoms with van der Waals surface area (Å²) in [5, 5.41) is 6.96. The summed E-state index contributed by atoms with van der Waals surface area (Å²) < 4.78 is 5.52. The predicted molar refractivity (Wildman–Crippen MR) is 91.5 cm³/mol. The van der Waals surface area contributed by atoms with Gasteiger partial charge in [-0.3, -0.25) is 4.79 Å². The molecule has 25 heavy (non-hydrogen) atoms. The lowest BCUT2D eigenvalue weighted by Crippen LogP contribution is -2.39. The highest BCUT2D eigenvalue weighted by Gasteiger charge is 2.47. The number of aromatic nitrogens is 2. The molecule has 8 heteroatoms. The van der Waals surface area contributed by atoms with Gasteiger partial charge in [0.05, 0.1) is 12.6 Å². The average Bonchev–Trinajstić information content (AvgIpc) is 3.36. The number of aryl methyl sites for hydroxylation is 1. The fourth-order valence-electron chi connectivity index (χ4n) is 3.54. The molecule has 4 rings (SSSR count). The second-order valence-electron chi connectivity index (χ2n) is 7.07. The monoisotopic (exact) mass is 345 g/mol. The molecule has 2 saturated heterocycles. The van der Waals surface area contributed by atoms with E-state index in [4.69, 9.17) is 9.57 Å². The number of hydrogen-bond donors (Lipinski definition) is 1. The maximum atomic E-state index is 12.3. The molecule has 2 unspecified atom stereocenters. The average molecular weight is 345 g/mol. The maximum absolute atomic E-state index is 12.3. The molecule has 8 nitrogen and oxygen atoms in total. The van der Waals surface area contributed by atoms with Gasteiger partial charge in [-0.15, -0.1) is 0 Å². The van der Waals surface area contributed by atoms with Gasteiger partial charge in [0, 0.05) is 44.9 Å². The Labute approximate surface area is 146 Å². The molecule has 1 N–H and O–H groups in total. The summed E-state index contributed by atoms with van der Waals surface area (Å²) in [6, 6.07) is 0. The molecular weight excluding hydrogens is 322 g/mol. The Hall–Kier alpha value is -2.22. The SMILES string of the molecule is Cc1cnc(N2CCC3(CC(C(=O)NCC4CCCO4)=NO3)C2)nc1. The first-order chi connectivity index (χ1) is 12.1. The van der Waals surface area contributed by atoms with E-state index in [-0.39, 0.29) is 12.0 Å². The van der Waals surface area contributed by atoms with E-state index >= 15 is 0 Å². The molecule has 3 aliphatic heterocycles. The third kappa shape index (κ3) is 3.44. The van der Waals surface area contributed by atoms with Crippen molar-refractivity contribution in [1.82, 2.24) is 15.3 Å². The minimum Gasteiger partial charge on any atom is -0.386 e. The standard InChI is InChI=1S/C17H23N5O3/c1-12-8-19-16(20-9-12)22-5-4-17(11-22)7-14(21-25-17)15(23)18-10-13-3-2-6-24-13/h8-9,13H,2-7,10-11H2,1H3,(H,18,23). The molecular formula is C17H23N5O3. The Morgan fingerprint density at radius 3 is 3.04 bits per heavy atom. The highest BCUT2D eigenvalue weighted by Crippen LogP contribution is 2.35. The Bertz CT molecular complexity index is 671. The zero-order valence-electron chi connectivity index (χ0n) is 14.4. The van der Waals surface area contributed by atoms with Crippen molar-refractivity contribution in [3.63, 3.8) is 0 Å². The van der Waals surface area contributed by atoms with Gasteiger partial charge in [0.15, 0.2) is 5.60 Å². The zero-order chi connectivity index (χ0) is 17.3. The van der Waals surface area contributed by atoms with Crippen LogP contribution in [0.2, 0.25) is 0 Å². The van der Waals surface area contributed by atoms with Gasteiger partial charge in [-0.05, 0) is 25.3 Å². The number of nitrogens with one attached hydrogen (secondary N) is 1. The van der Waals surface area contributed by atoms with Gasteiger partial charge < -0.3 is 19.8 Å². The molecule has 134 valence electrons. The summed E-state index contributed by atoms with van der Waals surface area (Å²) in [6.45, 7) is 4.72. The minimum atomic E-state index is -0.440. The second kappa shape index (κ2) is 6.59. The Morgan fingerprint density at radius 1 is 1.44 bits per heavy atom. The van der Waals surface area contributed by atoms with Crippen molar-refractivity contribution < 1.29 is 14.4 Å². The van der Waals surface area contributed by atoms with Crippen LogP contribution >= 0.6 is 0 Å². The lowest BCUT2D eigenvalue weighted by molar-refractivity contribution is -0.115. The highest BCUT2D eigenvalue weighted by atomic mass is 16.7. The third-order valence-corrected chi connectivity index (χ3v) is 4.98. The van der Waals surface area contributed by atoms with Crippen LogP contribution in [0.3, 0.4) is 0 Å². The molecule has 2 fully saturated rings. The highest BCUT2D eigenvalue weighted by molar-refractivity contribution is 6.39. The summed E-state index contributed by atoms with van der Waals surface area (Å²) in [5.74, 6) is 0.541. The van der Waals surface area contributed by atoms with Crippen molar-refractivity contribution in [1.29, 1.82) is 0 Å². The fraction of sp³-hybridized carbons (Fsp3) is 0.647. The Morgan fingerprint density at radius 2 is 2.28 bits per heavy atom. The van der Waals surface area contributed by atoms with Crippen molar-refractivity contribution in [2.45, 2.75) is 44.3 Å². The van der Waals surface area contributed by atoms with E-state index in [1.807, 2.05) is 19.3 Å². The fourth-order valence-corrected chi connectivity index (χ4v) is 3.54. The van der Waals surface area contributed by atoms with Crippen molar-refractivity contribution in [3.8, 4) is 0 Å². The first kappa shape index (κ1) is 16.3. The van der Waals surface area contributed by atoms with Crippen LogP contribution in [-0.4, -0.2) is 59.5 Å². The molecule has 0 bridgehead atoms. The van der Waals surface area contributed by atoms with Crippen molar-refractivity contribution >= 4 is 17.6 Å². The van der Waals surface area contributed by atoms with Gasteiger partial charge in [-0.25, -0.2) is 9.97 Å². The number of nitrogens with zero attached hydrogens (tertiary/aromatic N) is 4. The maximum Gasteiger partial charge on any atom is 0.269 e. The van der Waals surface area contributed by atoms with E-state index in [1.165, 1.54) is 0 Å². The summed E-state index contributed by atoms with van der Waals surface area (Å²) in [6.07, 6.45) is 7.13. The first-order valence-electron chi connectivity index (χ1n) is 8.82. The topological polar surface area (TPSA) is 88.9 Å². The van der Waals surface area contributed by atoms with E-state index in [9.17, 15) is 4.79 Å². The van der Waals surface area contributed by atoms with Gasteiger partial charge in [0.25, 0.3) is 5.91 Å². The molecule has 1 amide bonds. The van der Waals surface area contributed by atoms with Crippen LogP contribution in [0.5, 0.6) is 0 Å². The van der Waals surface area contributed by atoms with E-state index < -0.39 is 5.60 Å². The van der Waals surface area contributed by atoms with Gasteiger partial charge >= 0.3 is 0 Å². The number of carbonyl (C=O) groups is 1. The predicted octanol–water partition coefficient (Wildman–Crippen LogP) is 0.805. The largest absolute Gasteiger partial charge is 0.386 e. The van der Waals surface area contributed by atoms with Gasteiger partial charge in [0.1, 0.15) is 5.71 Å². The normalized spacial score (nSPS) is 28.3. The van der Waals surface area contributed by atoms with E-state index in [0.717, 1.165) is 38.0 Å². The zero-order valence-corrected chi connectivity index (χ0v) is 14.4. The van der Waals surface area contributed by atoms with E-state index in [1.54, 1.807) is 0 Å². The van der Waals surface area contributed by atoms with Crippen LogP contribution in [0.25, 0.3) is 0 Å². The van der Waals surface area contributed by atoms with Crippen LogP contribution < -0.4 is 10.2 Å². The number of hydrogen-bond acceptors (Lipinski definition) is 7. The van der Waals surface area contributed by atoms with Gasteiger partial charge in [-0.2, -0.15) is 0 Å². The summed E-state index contributed by atoms with van der Waals surface area (Å²) >= 11 is 0. The molecule has 0 aromatic carbocycles. The molecule has 0 saturated carbocycles. The van der Waals surface area contributed by atoms with Crippen LogP contribution in [0.1, 0.15) is 31.2 Å². The molecule has 4 heterocycles. The van der Waals surface area contributed by atoms with Crippen LogP contribution in [0.15, 0.2) is 17.5 Å². The van der Waals surface area contributed by atoms with E-state index in [0.29, 0.717) is 31.2 Å². The molecule has 1 spiro atoms. The quantitative estimate of drug-likeness (QED) is 0.868. The molecule has 3 aliphatic rings. The first-order valence-corrected chi connectivity index (χ1v) is 8.82. The molecule has 0 aliphatic carbocycles. The number of anilines is 1. The van der Waals surface area contributed by atoms with Crippen molar-refractivity contribution in [3.05, 3.63) is 18.0 Å². The number of carbonyl (C=O) groups excluding carboxylic acids is 1. The number of rotatable bonds is 4. The summed E-state index contributed by atoms with van der Waals surface area (Å²) in [5.41, 5.74) is 1.05. The Balaban J connectivity index is 1.31. The Kier molecular flexibility index (Phi) is 4.29. The summed E-state index contributed by atoms with van der Waals surface area (Å²) in [4.78, 5) is 28.8. The number of ether oxygens (including phenoxy) is 1.